The van der Waals surface area contributed by atoms with E-state index in [2.05, 4.69) is 20.9 Å². The highest BCUT2D eigenvalue weighted by Crippen LogP contribution is 2.37. The molecular weight excluding hydrogens is 470 g/mol. The van der Waals surface area contributed by atoms with Crippen molar-refractivity contribution in [1.82, 2.24) is 19.7 Å². The Balaban J connectivity index is 1.44. The number of ether oxygens (including phenoxy) is 1. The molecule has 0 bridgehead atoms. The van der Waals surface area contributed by atoms with Crippen molar-refractivity contribution in [3.8, 4) is 16.2 Å². The van der Waals surface area contributed by atoms with E-state index in [1.807, 2.05) is 49.8 Å². The van der Waals surface area contributed by atoms with E-state index in [0.29, 0.717) is 13.0 Å². The Morgan fingerprint density at radius 3 is 2.65 bits per heavy atom. The average molecular weight is 498 g/mol. The topological polar surface area (TPSA) is 90.2 Å². The normalized spacial score (nSPS) is 17.4. The molecule has 4 aromatic rings. The zero-order chi connectivity index (χ0) is 24.0. The van der Waals surface area contributed by atoms with Crippen molar-refractivity contribution in [3.63, 3.8) is 0 Å². The lowest BCUT2D eigenvalue weighted by Crippen LogP contribution is -2.19. The first kappa shape index (κ1) is 22.8. The van der Waals surface area contributed by atoms with Gasteiger partial charge in [-0.3, -0.25) is 4.68 Å². The van der Waals surface area contributed by atoms with Gasteiger partial charge in [-0.2, -0.15) is 5.10 Å². The summed E-state index contributed by atoms with van der Waals surface area (Å²) in [6.45, 7) is 4.63. The maximum Gasteiger partial charge on any atom is 0.152 e. The second kappa shape index (κ2) is 8.66. The first-order valence-corrected chi connectivity index (χ1v) is 13.7. The van der Waals surface area contributed by atoms with Gasteiger partial charge in [0.1, 0.15) is 17.9 Å². The van der Waals surface area contributed by atoms with Crippen LogP contribution in [-0.4, -0.2) is 53.8 Å². The highest BCUT2D eigenvalue weighted by molar-refractivity contribution is 7.91. The molecule has 1 aromatic carbocycles. The van der Waals surface area contributed by atoms with Gasteiger partial charge in [-0.05, 0) is 56.2 Å². The fourth-order valence-corrected chi connectivity index (χ4v) is 7.43. The lowest BCUT2D eigenvalue weighted by Gasteiger charge is -2.19. The molecule has 0 saturated carbocycles. The van der Waals surface area contributed by atoms with Crippen LogP contribution in [0.5, 0.6) is 5.75 Å². The molecule has 1 fully saturated rings. The van der Waals surface area contributed by atoms with Crippen molar-refractivity contribution < 1.29 is 13.2 Å². The summed E-state index contributed by atoms with van der Waals surface area (Å²) in [5, 5.41) is 4.71. The molecule has 1 saturated heterocycles. The predicted molar refractivity (Wildman–Crippen MR) is 136 cm³/mol. The van der Waals surface area contributed by atoms with Crippen molar-refractivity contribution in [2.24, 2.45) is 0 Å². The zero-order valence-corrected chi connectivity index (χ0v) is 21.3. The summed E-state index contributed by atoms with van der Waals surface area (Å²) in [5.74, 6) is 2.09. The minimum Gasteiger partial charge on any atom is -0.497 e. The van der Waals surface area contributed by atoms with Crippen LogP contribution in [0.3, 0.4) is 0 Å². The van der Waals surface area contributed by atoms with Crippen molar-refractivity contribution >= 4 is 37.2 Å². The Labute approximate surface area is 203 Å². The molecule has 4 heterocycles. The lowest BCUT2D eigenvalue weighted by atomic mass is 10.1. The van der Waals surface area contributed by atoms with Crippen molar-refractivity contribution in [3.05, 3.63) is 53.6 Å². The molecule has 10 heteroatoms. The van der Waals surface area contributed by atoms with E-state index in [1.54, 1.807) is 24.8 Å². The van der Waals surface area contributed by atoms with Gasteiger partial charge in [-0.1, -0.05) is 0 Å². The van der Waals surface area contributed by atoms with E-state index in [-0.39, 0.29) is 17.5 Å². The number of methoxy groups -OCH3 is 1. The van der Waals surface area contributed by atoms with Crippen LogP contribution in [0, 0.1) is 13.8 Å². The van der Waals surface area contributed by atoms with Crippen molar-refractivity contribution in [2.75, 3.05) is 30.6 Å². The largest absolute Gasteiger partial charge is 0.497 e. The first-order chi connectivity index (χ1) is 16.3. The third kappa shape index (κ3) is 4.16. The van der Waals surface area contributed by atoms with E-state index < -0.39 is 9.84 Å². The highest BCUT2D eigenvalue weighted by atomic mass is 32.2. The molecule has 0 unspecified atom stereocenters. The molecule has 0 amide bonds. The second-order valence-corrected chi connectivity index (χ2v) is 12.0. The van der Waals surface area contributed by atoms with Gasteiger partial charge in [-0.25, -0.2) is 18.4 Å². The van der Waals surface area contributed by atoms with Gasteiger partial charge in [0.15, 0.2) is 9.84 Å². The van der Waals surface area contributed by atoms with Gasteiger partial charge in [0.2, 0.25) is 0 Å². The fourth-order valence-electron chi connectivity index (χ4n) is 4.57. The van der Waals surface area contributed by atoms with Crippen LogP contribution in [0.1, 0.15) is 29.4 Å². The summed E-state index contributed by atoms with van der Waals surface area (Å²) in [6.07, 6.45) is 2.22. The third-order valence-electron chi connectivity index (χ3n) is 6.45. The smallest absolute Gasteiger partial charge is 0.152 e. The minimum atomic E-state index is -2.97. The number of hydrogen-bond acceptors (Lipinski definition) is 8. The van der Waals surface area contributed by atoms with Crippen LogP contribution >= 0.6 is 11.3 Å². The minimum absolute atomic E-state index is 0.0853. The number of rotatable bonds is 6. The fraction of sp³-hybridized carbons (Fsp3) is 0.375. The van der Waals surface area contributed by atoms with Gasteiger partial charge < -0.3 is 9.64 Å². The quantitative estimate of drug-likeness (QED) is 0.395. The number of anilines is 1. The summed E-state index contributed by atoms with van der Waals surface area (Å²) >= 11 is 1.67. The summed E-state index contributed by atoms with van der Waals surface area (Å²) in [6, 6.07) is 10.0. The molecule has 0 aliphatic carbocycles. The summed E-state index contributed by atoms with van der Waals surface area (Å²) in [5.41, 5.74) is 5.06. The molecule has 1 atom stereocenters. The molecule has 0 spiro atoms. The van der Waals surface area contributed by atoms with E-state index in [0.717, 1.165) is 49.2 Å². The number of nitrogens with zero attached hydrogens (tertiary/aromatic N) is 5. The number of aryl methyl sites for hydroxylation is 1. The van der Waals surface area contributed by atoms with Crippen LogP contribution in [-0.2, 0) is 16.4 Å². The van der Waals surface area contributed by atoms with Crippen molar-refractivity contribution in [2.45, 2.75) is 32.9 Å². The SMILES string of the molecule is COc1ccc(-c2cc3ncnc(N(C)Cc4c(C)nn([C@H]5CCS(=O)(=O)C5)c4C)c3s2)cc1. The zero-order valence-electron chi connectivity index (χ0n) is 19.6. The van der Waals surface area contributed by atoms with Crippen LogP contribution in [0.25, 0.3) is 20.7 Å². The number of aromatic nitrogens is 4. The highest BCUT2D eigenvalue weighted by Gasteiger charge is 2.31. The van der Waals surface area contributed by atoms with E-state index in [1.165, 1.54) is 0 Å². The van der Waals surface area contributed by atoms with Gasteiger partial charge in [0.25, 0.3) is 0 Å². The summed E-state index contributed by atoms with van der Waals surface area (Å²) in [4.78, 5) is 12.3. The molecule has 0 radical (unpaired) electrons. The van der Waals surface area contributed by atoms with Gasteiger partial charge in [0, 0.05) is 29.7 Å². The Morgan fingerprint density at radius 1 is 1.21 bits per heavy atom. The Morgan fingerprint density at radius 2 is 1.97 bits per heavy atom. The first-order valence-electron chi connectivity index (χ1n) is 11.1. The Kier molecular flexibility index (Phi) is 5.81. The Hall–Kier alpha value is -2.98. The van der Waals surface area contributed by atoms with Gasteiger partial charge >= 0.3 is 0 Å². The molecule has 8 nitrogen and oxygen atoms in total. The summed E-state index contributed by atoms with van der Waals surface area (Å²) < 4.78 is 32.2. The maximum absolute atomic E-state index is 12.0. The number of fused-ring (bicyclic) bond motifs is 1. The monoisotopic (exact) mass is 497 g/mol. The standard InChI is InChI=1S/C24H27N5O3S2/c1-15-20(16(2)29(27-15)18-9-10-34(30,31)13-18)12-28(3)24-23-21(25-14-26-24)11-22(33-23)17-5-7-19(32-4)8-6-17/h5-8,11,14,18H,9-10,12-13H2,1-4H3/t18-/m0/s1. The van der Waals surface area contributed by atoms with Crippen LogP contribution < -0.4 is 9.64 Å². The molecular formula is C24H27N5O3S2. The molecule has 178 valence electrons. The van der Waals surface area contributed by atoms with Gasteiger partial charge in [0.05, 0.1) is 40.6 Å². The van der Waals surface area contributed by atoms with E-state index in [9.17, 15) is 8.42 Å². The second-order valence-electron chi connectivity index (χ2n) is 8.76. The molecule has 5 rings (SSSR count). The Bertz CT molecular complexity index is 1460. The molecule has 3 aromatic heterocycles. The average Bonchev–Trinajstić information content (AvgIpc) is 3.50. The lowest BCUT2D eigenvalue weighted by molar-refractivity contribution is 0.415. The van der Waals surface area contributed by atoms with Crippen LogP contribution in [0.15, 0.2) is 36.7 Å². The molecule has 1 aliphatic heterocycles. The number of hydrogen-bond donors (Lipinski definition) is 0. The number of thiophene rings is 1. The van der Waals surface area contributed by atoms with Crippen LogP contribution in [0.4, 0.5) is 5.82 Å². The van der Waals surface area contributed by atoms with Crippen LogP contribution in [0.2, 0.25) is 0 Å². The van der Waals surface area contributed by atoms with Gasteiger partial charge in [-0.15, -0.1) is 11.3 Å². The third-order valence-corrected chi connectivity index (χ3v) is 9.37. The predicted octanol–water partition coefficient (Wildman–Crippen LogP) is 4.18. The molecule has 1 aliphatic rings. The van der Waals surface area contributed by atoms with E-state index in [4.69, 9.17) is 9.84 Å². The summed E-state index contributed by atoms with van der Waals surface area (Å²) in [7, 11) is 0.708. The van der Waals surface area contributed by atoms with Crippen molar-refractivity contribution in [1.29, 1.82) is 0 Å². The maximum atomic E-state index is 12.0. The molecule has 34 heavy (non-hydrogen) atoms. The number of benzene rings is 1. The number of sulfone groups is 1. The molecule has 0 N–H and O–H groups in total. The van der Waals surface area contributed by atoms with E-state index >= 15 is 0 Å².